The normalized spacial score (nSPS) is 22.8. The van der Waals surface area contributed by atoms with Crippen molar-refractivity contribution in [1.29, 1.82) is 0 Å². The summed E-state index contributed by atoms with van der Waals surface area (Å²) in [5, 5.41) is 5.41. The molecule has 2 aromatic rings. The quantitative estimate of drug-likeness (QED) is 0.276. The molecular weight excluding hydrogens is 635 g/mol. The first-order chi connectivity index (χ1) is 22.3. The number of fused-ring (bicyclic) bond motifs is 1. The van der Waals surface area contributed by atoms with E-state index in [-0.39, 0.29) is 49.7 Å². The third-order valence-corrected chi connectivity index (χ3v) is 9.52. The van der Waals surface area contributed by atoms with Gasteiger partial charge in [0.15, 0.2) is 10.8 Å². The minimum Gasteiger partial charge on any atom is -0.463 e. The fraction of sp³-hybridized carbons (Fsp3) is 0.485. The van der Waals surface area contributed by atoms with Gasteiger partial charge >= 0.3 is 11.9 Å². The maximum atomic E-state index is 15.6. The van der Waals surface area contributed by atoms with Crippen molar-refractivity contribution >= 4 is 35.0 Å². The van der Waals surface area contributed by atoms with Crippen LogP contribution in [0.1, 0.15) is 49.4 Å². The fourth-order valence-electron chi connectivity index (χ4n) is 6.38. The number of thiazole rings is 1. The average molecular weight is 674 g/mol. The summed E-state index contributed by atoms with van der Waals surface area (Å²) in [5.41, 5.74) is -0.0538. The van der Waals surface area contributed by atoms with Gasteiger partial charge < -0.3 is 19.7 Å². The van der Waals surface area contributed by atoms with Crippen LogP contribution in [0, 0.1) is 24.1 Å². The Morgan fingerprint density at radius 3 is 2.72 bits per heavy atom. The van der Waals surface area contributed by atoms with E-state index in [1.165, 1.54) is 34.4 Å². The van der Waals surface area contributed by atoms with Gasteiger partial charge in [0.1, 0.15) is 18.5 Å². The molecule has 0 spiro atoms. The maximum absolute atomic E-state index is 15.6. The van der Waals surface area contributed by atoms with Crippen molar-refractivity contribution in [3.8, 4) is 0 Å². The molecule has 3 atom stereocenters. The number of carbonyl (C=O) groups is 3. The standard InChI is InChI=1S/C33H38F3N5O5S/c1-6-12-46-31(44)32(4,5)17-41-16-24-21(14-25(41)42)33(35,36)18-40(24)15-23-26(30(43)45-7-2)27(20-9-8-10-22(34)19(20)3)39-28(38-23)29-37-11-13-47-29/h6,8-11,13,21,24,27H,1,7,12,14-18H2,2-5H3,(H,38,39)/t21?,24?,27-/m0/s1. The van der Waals surface area contributed by atoms with E-state index < -0.39 is 66.0 Å². The Morgan fingerprint density at radius 1 is 1.28 bits per heavy atom. The minimum atomic E-state index is -3.20. The molecule has 2 saturated heterocycles. The Labute approximate surface area is 275 Å². The number of aliphatic imine (C=N–C) groups is 1. The van der Waals surface area contributed by atoms with E-state index in [9.17, 15) is 18.8 Å². The Balaban J connectivity index is 1.52. The molecule has 3 aliphatic rings. The first-order valence-corrected chi connectivity index (χ1v) is 16.2. The van der Waals surface area contributed by atoms with Crippen LogP contribution in [0.5, 0.6) is 0 Å². The number of ether oxygens (including phenoxy) is 2. The van der Waals surface area contributed by atoms with E-state index in [1.807, 2.05) is 0 Å². The number of amidine groups is 1. The number of esters is 2. The Morgan fingerprint density at radius 2 is 2.04 bits per heavy atom. The van der Waals surface area contributed by atoms with Crippen molar-refractivity contribution in [2.24, 2.45) is 16.3 Å². The molecule has 3 aliphatic heterocycles. The Kier molecular flexibility index (Phi) is 9.92. The van der Waals surface area contributed by atoms with Crippen molar-refractivity contribution < 1.29 is 37.0 Å². The average Bonchev–Trinajstić information content (AvgIpc) is 3.64. The number of nitrogens with zero attached hydrogens (tertiary/aromatic N) is 4. The van der Waals surface area contributed by atoms with Gasteiger partial charge in [-0.3, -0.25) is 19.5 Å². The number of likely N-dealkylation sites (tertiary alicyclic amines) is 2. The minimum absolute atomic E-state index is 0.00818. The molecular formula is C33H38F3N5O5S. The molecule has 10 nitrogen and oxygen atoms in total. The summed E-state index contributed by atoms with van der Waals surface area (Å²) >= 11 is 1.29. The summed E-state index contributed by atoms with van der Waals surface area (Å²) in [5.74, 6) is -6.38. The third kappa shape index (κ3) is 6.98. The zero-order valence-corrected chi connectivity index (χ0v) is 27.5. The number of amides is 1. The van der Waals surface area contributed by atoms with E-state index in [2.05, 4.69) is 16.9 Å². The van der Waals surface area contributed by atoms with Crippen LogP contribution in [0.15, 0.2) is 58.7 Å². The number of carbonyl (C=O) groups excluding carboxylic acids is 3. The molecule has 1 aromatic heterocycles. The number of benzene rings is 1. The summed E-state index contributed by atoms with van der Waals surface area (Å²) in [7, 11) is 0. The number of halogens is 3. The molecule has 0 saturated carbocycles. The van der Waals surface area contributed by atoms with E-state index in [0.29, 0.717) is 16.4 Å². The van der Waals surface area contributed by atoms with Gasteiger partial charge in [-0.15, -0.1) is 11.3 Å². The lowest BCUT2D eigenvalue weighted by Gasteiger charge is -2.41. The van der Waals surface area contributed by atoms with Crippen LogP contribution < -0.4 is 5.32 Å². The highest BCUT2D eigenvalue weighted by molar-refractivity contribution is 7.11. The predicted molar refractivity (Wildman–Crippen MR) is 169 cm³/mol. The second kappa shape index (κ2) is 13.6. The van der Waals surface area contributed by atoms with Gasteiger partial charge in [0.25, 0.3) is 5.92 Å². The zero-order chi connectivity index (χ0) is 34.1. The lowest BCUT2D eigenvalue weighted by molar-refractivity contribution is -0.157. The largest absolute Gasteiger partial charge is 0.463 e. The van der Waals surface area contributed by atoms with Crippen LogP contribution >= 0.6 is 11.3 Å². The molecule has 0 bridgehead atoms. The van der Waals surface area contributed by atoms with Crippen molar-refractivity contribution in [3.63, 3.8) is 0 Å². The predicted octanol–water partition coefficient (Wildman–Crippen LogP) is 4.42. The molecule has 47 heavy (non-hydrogen) atoms. The highest BCUT2D eigenvalue weighted by atomic mass is 32.1. The molecule has 5 rings (SSSR count). The fourth-order valence-corrected chi connectivity index (χ4v) is 6.97. The van der Waals surface area contributed by atoms with Crippen molar-refractivity contribution in [1.82, 2.24) is 20.1 Å². The van der Waals surface area contributed by atoms with Gasteiger partial charge in [-0.1, -0.05) is 24.8 Å². The molecule has 2 unspecified atom stereocenters. The molecule has 0 radical (unpaired) electrons. The number of hydrogen-bond acceptors (Lipinski definition) is 10. The maximum Gasteiger partial charge on any atom is 0.338 e. The highest BCUT2D eigenvalue weighted by Gasteiger charge is 2.58. The first kappa shape index (κ1) is 34.3. The Hall–Kier alpha value is -4.04. The van der Waals surface area contributed by atoms with Crippen LogP contribution in [-0.2, 0) is 23.9 Å². The van der Waals surface area contributed by atoms with Crippen molar-refractivity contribution in [3.05, 3.63) is 75.7 Å². The van der Waals surface area contributed by atoms with Crippen molar-refractivity contribution in [2.45, 2.75) is 52.1 Å². The molecule has 0 aliphatic carbocycles. The number of piperidine rings is 1. The SMILES string of the molecule is C=CCOC(=O)C(C)(C)CN1CC2C(CC1=O)C(F)(F)CN2CC1=C(C(=O)OCC)[C@H](c2cccc(F)c2C)N=C(c2nccs2)N1. The second-order valence-electron chi connectivity index (χ2n) is 12.5. The van der Waals surface area contributed by atoms with Gasteiger partial charge in [0.05, 0.1) is 30.1 Å². The zero-order valence-electron chi connectivity index (χ0n) is 26.7. The number of aromatic nitrogens is 1. The van der Waals surface area contributed by atoms with Crippen LogP contribution in [-0.4, -0.2) is 89.8 Å². The molecule has 4 heterocycles. The topological polar surface area (TPSA) is 113 Å². The molecule has 1 aromatic carbocycles. The van der Waals surface area contributed by atoms with Crippen LogP contribution in [0.25, 0.3) is 0 Å². The van der Waals surface area contributed by atoms with Gasteiger partial charge in [-0.25, -0.2) is 22.9 Å². The number of rotatable bonds is 11. The monoisotopic (exact) mass is 673 g/mol. The molecule has 2 fully saturated rings. The smallest absolute Gasteiger partial charge is 0.338 e. The molecule has 252 valence electrons. The van der Waals surface area contributed by atoms with Gasteiger partial charge in [-0.2, -0.15) is 0 Å². The van der Waals surface area contributed by atoms with Crippen LogP contribution in [0.3, 0.4) is 0 Å². The molecule has 14 heteroatoms. The lowest BCUT2D eigenvalue weighted by Crippen LogP contribution is -2.55. The van der Waals surface area contributed by atoms with Crippen LogP contribution in [0.2, 0.25) is 0 Å². The number of alkyl halides is 2. The van der Waals surface area contributed by atoms with E-state index in [4.69, 9.17) is 14.5 Å². The molecule has 1 N–H and O–H groups in total. The Bertz CT molecular complexity index is 1610. The van der Waals surface area contributed by atoms with E-state index >= 15 is 8.78 Å². The second-order valence-corrected chi connectivity index (χ2v) is 13.4. The number of hydrogen-bond donors (Lipinski definition) is 1. The summed E-state index contributed by atoms with van der Waals surface area (Å²) in [6, 6.07) is 2.70. The van der Waals surface area contributed by atoms with E-state index in [1.54, 1.807) is 50.2 Å². The first-order valence-electron chi connectivity index (χ1n) is 15.3. The van der Waals surface area contributed by atoms with Crippen LogP contribution in [0.4, 0.5) is 13.2 Å². The summed E-state index contributed by atoms with van der Waals surface area (Å²) in [6.45, 7) is 9.20. The summed E-state index contributed by atoms with van der Waals surface area (Å²) in [4.78, 5) is 51.5. The van der Waals surface area contributed by atoms with Crippen molar-refractivity contribution in [2.75, 3.05) is 39.4 Å². The lowest BCUT2D eigenvalue weighted by atomic mass is 9.86. The van der Waals surface area contributed by atoms with E-state index in [0.717, 1.165) is 0 Å². The summed E-state index contributed by atoms with van der Waals surface area (Å²) in [6.07, 6.45) is 2.62. The van der Waals surface area contributed by atoms with Gasteiger partial charge in [0, 0.05) is 49.4 Å². The molecule has 1 amide bonds. The summed E-state index contributed by atoms with van der Waals surface area (Å²) < 4.78 is 56.7. The highest BCUT2D eigenvalue weighted by Crippen LogP contribution is 2.44. The van der Waals surface area contributed by atoms with Gasteiger partial charge in [-0.05, 0) is 44.9 Å². The number of nitrogens with one attached hydrogen (secondary N) is 1. The third-order valence-electron chi connectivity index (χ3n) is 8.74. The van der Waals surface area contributed by atoms with Gasteiger partial charge in [0.2, 0.25) is 5.91 Å².